The molecule has 1 aromatic heterocycles. The van der Waals surface area contributed by atoms with Crippen LogP contribution >= 0.6 is 0 Å². The van der Waals surface area contributed by atoms with Gasteiger partial charge in [-0.2, -0.15) is 0 Å². The number of esters is 1. The van der Waals surface area contributed by atoms with Crippen LogP contribution < -0.4 is 15.5 Å². The minimum atomic E-state index is -0.386. The van der Waals surface area contributed by atoms with Crippen LogP contribution in [0.15, 0.2) is 48.5 Å². The fourth-order valence-electron chi connectivity index (χ4n) is 3.36. The number of hydrogen-bond donors (Lipinski definition) is 2. The number of carbonyl (C=O) groups excluding carboxylic acids is 2. The molecule has 0 saturated heterocycles. The van der Waals surface area contributed by atoms with E-state index in [1.807, 2.05) is 25.1 Å². The van der Waals surface area contributed by atoms with Crippen molar-refractivity contribution in [2.24, 2.45) is 0 Å². The van der Waals surface area contributed by atoms with Gasteiger partial charge in [0.25, 0.3) is 0 Å². The van der Waals surface area contributed by atoms with Gasteiger partial charge >= 0.3 is 12.0 Å². The molecule has 2 aromatic carbocycles. The molecular weight excluding hydrogens is 392 g/mol. The first-order valence-corrected chi connectivity index (χ1v) is 10.5. The number of nitrogens with zero attached hydrogens (tertiary/aromatic N) is 2. The molecule has 1 heterocycles. The summed E-state index contributed by atoms with van der Waals surface area (Å²) in [5, 5.41) is 6.61. The molecule has 31 heavy (non-hydrogen) atoms. The third kappa shape index (κ3) is 5.31. The van der Waals surface area contributed by atoms with Crippen LogP contribution in [-0.2, 0) is 4.74 Å². The van der Waals surface area contributed by atoms with E-state index in [0.717, 1.165) is 35.4 Å². The number of urea groups is 1. The number of hydrogen-bond acceptors (Lipinski definition) is 5. The molecule has 7 nitrogen and oxygen atoms in total. The zero-order valence-electron chi connectivity index (χ0n) is 18.4. The molecule has 3 rings (SSSR count). The van der Waals surface area contributed by atoms with Crippen molar-refractivity contribution in [3.8, 4) is 0 Å². The third-order valence-corrected chi connectivity index (χ3v) is 5.00. The van der Waals surface area contributed by atoms with E-state index >= 15 is 0 Å². The number of rotatable bonds is 7. The quantitative estimate of drug-likeness (QED) is 0.513. The highest BCUT2D eigenvalue weighted by Crippen LogP contribution is 2.25. The molecule has 0 aliphatic rings. The summed E-state index contributed by atoms with van der Waals surface area (Å²) in [6.07, 6.45) is 0. The molecule has 0 atom stereocenters. The highest BCUT2D eigenvalue weighted by Gasteiger charge is 2.10. The fraction of sp³-hybridized carbons (Fsp3) is 0.292. The normalized spacial score (nSPS) is 10.6. The minimum Gasteiger partial charge on any atom is -0.462 e. The van der Waals surface area contributed by atoms with Crippen LogP contribution in [0.1, 0.15) is 36.7 Å². The molecule has 2 N–H and O–H groups in total. The number of carbonyl (C=O) groups is 2. The van der Waals surface area contributed by atoms with Gasteiger partial charge in [0.15, 0.2) is 0 Å². The Morgan fingerprint density at radius 3 is 2.23 bits per heavy atom. The van der Waals surface area contributed by atoms with Gasteiger partial charge in [0.2, 0.25) is 0 Å². The van der Waals surface area contributed by atoms with Crippen LogP contribution in [0, 0.1) is 6.92 Å². The van der Waals surface area contributed by atoms with Gasteiger partial charge in [-0.1, -0.05) is 0 Å². The van der Waals surface area contributed by atoms with Crippen LogP contribution in [0.3, 0.4) is 0 Å². The standard InChI is InChI=1S/C24H28N4O3/c1-5-28(6-2)22-14-16(4)20-15-19(12-13-21(20)27-22)26-24(30)25-18-10-8-17(9-11-18)23(29)31-7-3/h8-15H,5-7H2,1-4H3,(H2,25,26,30). The zero-order valence-corrected chi connectivity index (χ0v) is 18.4. The Hall–Kier alpha value is -3.61. The second-order valence-electron chi connectivity index (χ2n) is 7.08. The van der Waals surface area contributed by atoms with E-state index in [-0.39, 0.29) is 12.0 Å². The smallest absolute Gasteiger partial charge is 0.338 e. The number of ether oxygens (including phenoxy) is 1. The summed E-state index contributed by atoms with van der Waals surface area (Å²) in [6, 6.07) is 13.9. The van der Waals surface area contributed by atoms with Gasteiger partial charge in [0, 0.05) is 29.9 Å². The molecule has 2 amide bonds. The monoisotopic (exact) mass is 420 g/mol. The maximum Gasteiger partial charge on any atom is 0.338 e. The van der Waals surface area contributed by atoms with Crippen molar-refractivity contribution in [1.29, 1.82) is 0 Å². The summed E-state index contributed by atoms with van der Waals surface area (Å²) in [6.45, 7) is 10.1. The summed E-state index contributed by atoms with van der Waals surface area (Å²) < 4.78 is 4.96. The Balaban J connectivity index is 1.71. The number of nitrogens with one attached hydrogen (secondary N) is 2. The van der Waals surface area contributed by atoms with Gasteiger partial charge in [-0.3, -0.25) is 0 Å². The molecule has 0 saturated carbocycles. The second-order valence-corrected chi connectivity index (χ2v) is 7.08. The number of anilines is 3. The van der Waals surface area contributed by atoms with Crippen molar-refractivity contribution in [3.05, 3.63) is 59.7 Å². The van der Waals surface area contributed by atoms with Crippen molar-refractivity contribution in [2.45, 2.75) is 27.7 Å². The lowest BCUT2D eigenvalue weighted by atomic mass is 10.1. The summed E-state index contributed by atoms with van der Waals surface area (Å²) in [4.78, 5) is 31.1. The Labute approximate surface area is 182 Å². The first-order chi connectivity index (χ1) is 14.9. The lowest BCUT2D eigenvalue weighted by Gasteiger charge is -2.21. The Kier molecular flexibility index (Phi) is 7.07. The molecule has 0 radical (unpaired) electrons. The summed E-state index contributed by atoms with van der Waals surface area (Å²) in [5.41, 5.74) is 3.68. The lowest BCUT2D eigenvalue weighted by molar-refractivity contribution is 0.0526. The molecule has 0 spiro atoms. The van der Waals surface area contributed by atoms with Crippen molar-refractivity contribution < 1.29 is 14.3 Å². The van der Waals surface area contributed by atoms with E-state index in [0.29, 0.717) is 23.5 Å². The Bertz CT molecular complexity index is 1080. The van der Waals surface area contributed by atoms with E-state index in [4.69, 9.17) is 9.72 Å². The van der Waals surface area contributed by atoms with Crippen LogP contribution in [0.25, 0.3) is 10.9 Å². The van der Waals surface area contributed by atoms with Crippen molar-refractivity contribution in [3.63, 3.8) is 0 Å². The predicted molar refractivity (Wildman–Crippen MR) is 125 cm³/mol. The van der Waals surface area contributed by atoms with E-state index < -0.39 is 0 Å². The van der Waals surface area contributed by atoms with Crippen LogP contribution in [0.5, 0.6) is 0 Å². The maximum atomic E-state index is 12.4. The molecule has 0 unspecified atom stereocenters. The average molecular weight is 421 g/mol. The van der Waals surface area contributed by atoms with Gasteiger partial charge in [-0.25, -0.2) is 14.6 Å². The summed E-state index contributed by atoms with van der Waals surface area (Å²) in [5.74, 6) is 0.572. The average Bonchev–Trinajstić information content (AvgIpc) is 2.75. The predicted octanol–water partition coefficient (Wildman–Crippen LogP) is 5.21. The van der Waals surface area contributed by atoms with Gasteiger partial charge in [-0.15, -0.1) is 0 Å². The van der Waals surface area contributed by atoms with E-state index in [2.05, 4.69) is 35.4 Å². The van der Waals surface area contributed by atoms with Gasteiger partial charge in [0.05, 0.1) is 17.7 Å². The summed E-state index contributed by atoms with van der Waals surface area (Å²) in [7, 11) is 0. The van der Waals surface area contributed by atoms with Crippen molar-refractivity contribution in [2.75, 3.05) is 35.2 Å². The second kappa shape index (κ2) is 9.93. The first kappa shape index (κ1) is 22.1. The molecule has 0 aliphatic carbocycles. The number of fused-ring (bicyclic) bond motifs is 1. The number of benzene rings is 2. The number of aromatic nitrogens is 1. The van der Waals surface area contributed by atoms with Gasteiger partial charge in [-0.05, 0) is 81.8 Å². The van der Waals surface area contributed by atoms with Crippen LogP contribution in [0.4, 0.5) is 22.0 Å². The molecule has 0 fully saturated rings. The minimum absolute atomic E-state index is 0.318. The fourth-order valence-corrected chi connectivity index (χ4v) is 3.36. The molecule has 162 valence electrons. The molecule has 3 aromatic rings. The summed E-state index contributed by atoms with van der Waals surface area (Å²) >= 11 is 0. The van der Waals surface area contributed by atoms with Crippen LogP contribution in [0.2, 0.25) is 0 Å². The molecule has 0 bridgehead atoms. The topological polar surface area (TPSA) is 83.6 Å². The van der Waals surface area contributed by atoms with E-state index in [1.165, 1.54) is 0 Å². The highest BCUT2D eigenvalue weighted by atomic mass is 16.5. The lowest BCUT2D eigenvalue weighted by Crippen LogP contribution is -2.23. The molecule has 0 aliphatic heterocycles. The van der Waals surface area contributed by atoms with Crippen LogP contribution in [-0.4, -0.2) is 36.7 Å². The first-order valence-electron chi connectivity index (χ1n) is 10.5. The largest absolute Gasteiger partial charge is 0.462 e. The van der Waals surface area contributed by atoms with E-state index in [9.17, 15) is 9.59 Å². The van der Waals surface area contributed by atoms with E-state index in [1.54, 1.807) is 31.2 Å². The number of pyridine rings is 1. The third-order valence-electron chi connectivity index (χ3n) is 5.00. The SMILES string of the molecule is CCOC(=O)c1ccc(NC(=O)Nc2ccc3nc(N(CC)CC)cc(C)c3c2)cc1. The number of aryl methyl sites for hydroxylation is 1. The zero-order chi connectivity index (χ0) is 22.4. The molecular formula is C24H28N4O3. The van der Waals surface area contributed by atoms with Gasteiger partial charge < -0.3 is 20.3 Å². The number of amides is 2. The molecule has 7 heteroatoms. The van der Waals surface area contributed by atoms with Crippen molar-refractivity contribution in [1.82, 2.24) is 4.98 Å². The van der Waals surface area contributed by atoms with Crippen molar-refractivity contribution >= 4 is 40.1 Å². The maximum absolute atomic E-state index is 12.4. The Morgan fingerprint density at radius 2 is 1.58 bits per heavy atom. The Morgan fingerprint density at radius 1 is 0.935 bits per heavy atom. The highest BCUT2D eigenvalue weighted by molar-refractivity contribution is 6.01. The van der Waals surface area contributed by atoms with Gasteiger partial charge in [0.1, 0.15) is 5.82 Å².